The topological polar surface area (TPSA) is 90.3 Å². The highest BCUT2D eigenvalue weighted by Crippen LogP contribution is 2.29. The van der Waals surface area contributed by atoms with Crippen LogP contribution in [0.25, 0.3) is 28.1 Å². The second kappa shape index (κ2) is 9.30. The van der Waals surface area contributed by atoms with E-state index in [0.717, 1.165) is 22.5 Å². The fourth-order valence-electron chi connectivity index (χ4n) is 3.46. The molecule has 1 heterocycles. The fraction of sp³-hybridized carbons (Fsp3) is 0.120. The van der Waals surface area contributed by atoms with E-state index in [2.05, 4.69) is 4.98 Å². The summed E-state index contributed by atoms with van der Waals surface area (Å²) in [6.45, 7) is 3.56. The number of imidazole rings is 1. The van der Waals surface area contributed by atoms with Crippen molar-refractivity contribution in [3.05, 3.63) is 90.9 Å². The van der Waals surface area contributed by atoms with Crippen LogP contribution >= 0.6 is 0 Å². The predicted octanol–water partition coefficient (Wildman–Crippen LogP) is 4.95. The van der Waals surface area contributed by atoms with Crippen molar-refractivity contribution >= 4 is 16.1 Å². The molecule has 0 saturated carbocycles. The Kier molecular flexibility index (Phi) is 6.28. The highest BCUT2D eigenvalue weighted by molar-refractivity contribution is 7.90. The van der Waals surface area contributed by atoms with Gasteiger partial charge in [0.1, 0.15) is 0 Å². The highest BCUT2D eigenvalue weighted by Gasteiger charge is 2.22. The van der Waals surface area contributed by atoms with Crippen molar-refractivity contribution in [2.24, 2.45) is 0 Å². The molecule has 8 heteroatoms. The first-order valence-corrected chi connectivity index (χ1v) is 11.9. The summed E-state index contributed by atoms with van der Waals surface area (Å²) < 4.78 is 34.2. The maximum Gasteiger partial charge on any atom is 0.421 e. The SMILES string of the molecule is CCOC(=O)NS(=O)(=O)c1ccc(C)cc1-c1ccc(-n2cnc(-c3ccccc3)c2)cc1. The van der Waals surface area contributed by atoms with Gasteiger partial charge in [-0.25, -0.2) is 22.9 Å². The number of amides is 1. The van der Waals surface area contributed by atoms with Crippen molar-refractivity contribution in [3.63, 3.8) is 0 Å². The second-order valence-electron chi connectivity index (χ2n) is 7.40. The lowest BCUT2D eigenvalue weighted by Gasteiger charge is -2.13. The first kappa shape index (κ1) is 22.3. The number of nitrogens with zero attached hydrogens (tertiary/aromatic N) is 2. The molecular weight excluding hydrogens is 438 g/mol. The summed E-state index contributed by atoms with van der Waals surface area (Å²) in [6, 6.07) is 22.3. The molecule has 0 spiro atoms. The minimum atomic E-state index is -4.11. The summed E-state index contributed by atoms with van der Waals surface area (Å²) in [6.07, 6.45) is 2.67. The fourth-order valence-corrected chi connectivity index (χ4v) is 4.57. The molecule has 0 aliphatic rings. The van der Waals surface area contributed by atoms with Crippen molar-refractivity contribution < 1.29 is 17.9 Å². The van der Waals surface area contributed by atoms with Crippen LogP contribution in [0.4, 0.5) is 4.79 Å². The molecule has 7 nitrogen and oxygen atoms in total. The van der Waals surface area contributed by atoms with Gasteiger partial charge in [-0.2, -0.15) is 0 Å². The minimum absolute atomic E-state index is 0.00268. The molecule has 1 aromatic heterocycles. The van der Waals surface area contributed by atoms with E-state index < -0.39 is 16.1 Å². The Labute approximate surface area is 192 Å². The van der Waals surface area contributed by atoms with E-state index in [0.29, 0.717) is 11.1 Å². The minimum Gasteiger partial charge on any atom is -0.449 e. The lowest BCUT2D eigenvalue weighted by molar-refractivity contribution is 0.158. The van der Waals surface area contributed by atoms with Gasteiger partial charge >= 0.3 is 6.09 Å². The summed E-state index contributed by atoms with van der Waals surface area (Å²) in [5.41, 5.74) is 4.86. The first-order chi connectivity index (χ1) is 15.9. The molecule has 4 aromatic rings. The van der Waals surface area contributed by atoms with Crippen LogP contribution < -0.4 is 4.72 Å². The van der Waals surface area contributed by atoms with E-state index in [4.69, 9.17) is 4.74 Å². The smallest absolute Gasteiger partial charge is 0.421 e. The van der Waals surface area contributed by atoms with E-state index in [1.165, 1.54) is 6.07 Å². The van der Waals surface area contributed by atoms with E-state index in [1.807, 2.05) is 77.0 Å². The summed E-state index contributed by atoms with van der Waals surface area (Å²) in [5.74, 6) is 0. The van der Waals surface area contributed by atoms with E-state index in [1.54, 1.807) is 25.4 Å². The van der Waals surface area contributed by atoms with Gasteiger partial charge in [-0.15, -0.1) is 0 Å². The lowest BCUT2D eigenvalue weighted by Crippen LogP contribution is -2.31. The molecule has 0 atom stereocenters. The van der Waals surface area contributed by atoms with Crippen LogP contribution in [0.3, 0.4) is 0 Å². The Balaban J connectivity index is 1.65. The zero-order chi connectivity index (χ0) is 23.4. The Hall–Kier alpha value is -3.91. The van der Waals surface area contributed by atoms with Gasteiger partial charge in [-0.05, 0) is 37.6 Å². The first-order valence-electron chi connectivity index (χ1n) is 10.4. The third-order valence-electron chi connectivity index (χ3n) is 5.05. The Morgan fingerprint density at radius 2 is 1.73 bits per heavy atom. The Bertz CT molecular complexity index is 1380. The molecule has 0 aliphatic carbocycles. The van der Waals surface area contributed by atoms with Crippen LogP contribution in [-0.4, -0.2) is 30.7 Å². The van der Waals surface area contributed by atoms with Gasteiger partial charge in [0.15, 0.2) is 0 Å². The third-order valence-corrected chi connectivity index (χ3v) is 6.42. The molecular formula is C25H23N3O4S. The van der Waals surface area contributed by atoms with E-state index >= 15 is 0 Å². The molecule has 3 aromatic carbocycles. The number of nitrogens with one attached hydrogen (secondary N) is 1. The number of ether oxygens (including phenoxy) is 1. The number of hydrogen-bond acceptors (Lipinski definition) is 5. The van der Waals surface area contributed by atoms with Crippen LogP contribution in [0.1, 0.15) is 12.5 Å². The molecule has 0 fully saturated rings. The summed E-state index contributed by atoms with van der Waals surface area (Å²) >= 11 is 0. The normalized spacial score (nSPS) is 11.2. The van der Waals surface area contributed by atoms with Crippen LogP contribution in [-0.2, 0) is 14.8 Å². The Morgan fingerprint density at radius 1 is 1.00 bits per heavy atom. The molecule has 168 valence electrons. The van der Waals surface area contributed by atoms with Gasteiger partial charge in [-0.1, -0.05) is 60.2 Å². The molecule has 0 bridgehead atoms. The predicted molar refractivity (Wildman–Crippen MR) is 127 cm³/mol. The monoisotopic (exact) mass is 461 g/mol. The number of rotatable bonds is 6. The lowest BCUT2D eigenvalue weighted by atomic mass is 10.0. The number of benzene rings is 3. The summed E-state index contributed by atoms with van der Waals surface area (Å²) in [4.78, 5) is 16.2. The molecule has 1 N–H and O–H groups in total. The standard InChI is InChI=1S/C25H23N3O4S/c1-3-32-25(29)27-33(30,31)24-14-9-18(2)15-22(24)19-10-12-21(13-11-19)28-16-23(26-17-28)20-7-5-4-6-8-20/h4-17H,3H2,1-2H3,(H,27,29). The Morgan fingerprint density at radius 3 is 2.42 bits per heavy atom. The largest absolute Gasteiger partial charge is 0.449 e. The number of carbonyl (C=O) groups is 1. The van der Waals surface area contributed by atoms with Gasteiger partial charge in [0.25, 0.3) is 10.0 Å². The van der Waals surface area contributed by atoms with Crippen molar-refractivity contribution in [2.45, 2.75) is 18.7 Å². The van der Waals surface area contributed by atoms with Crippen LogP contribution in [0, 0.1) is 6.92 Å². The third kappa shape index (κ3) is 4.96. The average Bonchev–Trinajstić information content (AvgIpc) is 3.30. The van der Waals surface area contributed by atoms with Crippen LogP contribution in [0.15, 0.2) is 90.2 Å². The quantitative estimate of drug-likeness (QED) is 0.439. The van der Waals surface area contributed by atoms with Gasteiger partial charge in [0.05, 0.1) is 23.5 Å². The van der Waals surface area contributed by atoms with Crippen molar-refractivity contribution in [1.29, 1.82) is 0 Å². The maximum atomic E-state index is 12.8. The van der Waals surface area contributed by atoms with Crippen molar-refractivity contribution in [1.82, 2.24) is 14.3 Å². The van der Waals surface area contributed by atoms with E-state index in [9.17, 15) is 13.2 Å². The van der Waals surface area contributed by atoms with E-state index in [-0.39, 0.29) is 11.5 Å². The molecule has 0 unspecified atom stereocenters. The summed E-state index contributed by atoms with van der Waals surface area (Å²) in [7, 11) is -4.11. The van der Waals surface area contributed by atoms with Crippen molar-refractivity contribution in [2.75, 3.05) is 6.61 Å². The zero-order valence-electron chi connectivity index (χ0n) is 18.2. The van der Waals surface area contributed by atoms with Gasteiger partial charge in [0, 0.05) is 23.0 Å². The van der Waals surface area contributed by atoms with Crippen LogP contribution in [0.2, 0.25) is 0 Å². The van der Waals surface area contributed by atoms with Gasteiger partial charge in [0.2, 0.25) is 0 Å². The number of sulfonamides is 1. The van der Waals surface area contributed by atoms with Crippen molar-refractivity contribution in [3.8, 4) is 28.1 Å². The van der Waals surface area contributed by atoms with Gasteiger partial charge < -0.3 is 9.30 Å². The van der Waals surface area contributed by atoms with Gasteiger partial charge in [-0.3, -0.25) is 0 Å². The zero-order valence-corrected chi connectivity index (χ0v) is 19.0. The average molecular weight is 462 g/mol. The molecule has 1 amide bonds. The molecule has 4 rings (SSSR count). The number of aromatic nitrogens is 2. The molecule has 33 heavy (non-hydrogen) atoms. The summed E-state index contributed by atoms with van der Waals surface area (Å²) in [5, 5.41) is 0. The molecule has 0 aliphatic heterocycles. The second-order valence-corrected chi connectivity index (χ2v) is 9.06. The number of aryl methyl sites for hydroxylation is 1. The maximum absolute atomic E-state index is 12.8. The van der Waals surface area contributed by atoms with Crippen LogP contribution in [0.5, 0.6) is 0 Å². The molecule has 0 saturated heterocycles. The number of carbonyl (C=O) groups excluding carboxylic acids is 1. The number of hydrogen-bond donors (Lipinski definition) is 1. The molecule has 0 radical (unpaired) electrons. The highest BCUT2D eigenvalue weighted by atomic mass is 32.2.